The van der Waals surface area contributed by atoms with Crippen LogP contribution in [0.25, 0.3) is 0 Å². The van der Waals surface area contributed by atoms with Gasteiger partial charge in [0.05, 0.1) is 0 Å². The van der Waals surface area contributed by atoms with Crippen molar-refractivity contribution in [3.05, 3.63) is 35.4 Å². The van der Waals surface area contributed by atoms with E-state index in [-0.39, 0.29) is 5.91 Å². The van der Waals surface area contributed by atoms with Crippen LogP contribution < -0.4 is 5.32 Å². The fraction of sp³-hybridized carbons (Fsp3) is 0.562. The minimum absolute atomic E-state index is 0.282. The maximum absolute atomic E-state index is 11.9. The number of aryl methyl sites for hydroxylation is 1. The topological polar surface area (TPSA) is 29.1 Å². The predicted molar refractivity (Wildman–Crippen MR) is 72.5 cm³/mol. The van der Waals surface area contributed by atoms with E-state index in [0.717, 1.165) is 19.4 Å². The first-order chi connectivity index (χ1) is 8.84. The summed E-state index contributed by atoms with van der Waals surface area (Å²) in [5.74, 6) is 1.12. The molecule has 1 saturated carbocycles. The first-order valence-corrected chi connectivity index (χ1v) is 7.20. The highest BCUT2D eigenvalue weighted by atomic mass is 16.1. The normalized spacial score (nSPS) is 23.0. The Balaban J connectivity index is 1.61. The van der Waals surface area contributed by atoms with Crippen molar-refractivity contribution < 1.29 is 4.79 Å². The van der Waals surface area contributed by atoms with Gasteiger partial charge in [0.25, 0.3) is 0 Å². The van der Waals surface area contributed by atoms with Gasteiger partial charge in [-0.2, -0.15) is 0 Å². The number of rotatable bonds is 3. The van der Waals surface area contributed by atoms with Gasteiger partial charge < -0.3 is 5.32 Å². The second kappa shape index (κ2) is 5.13. The maximum atomic E-state index is 11.9. The predicted octanol–water partition coefficient (Wildman–Crippen LogP) is 3.02. The zero-order valence-corrected chi connectivity index (χ0v) is 10.8. The minimum atomic E-state index is 0.282. The summed E-state index contributed by atoms with van der Waals surface area (Å²) in [4.78, 5) is 11.9. The number of hydrogen-bond acceptors (Lipinski definition) is 1. The molecule has 1 amide bonds. The molecule has 1 aromatic rings. The van der Waals surface area contributed by atoms with Crippen LogP contribution in [0.3, 0.4) is 0 Å². The second-order valence-electron chi connectivity index (χ2n) is 5.66. The van der Waals surface area contributed by atoms with Crippen LogP contribution in [0.15, 0.2) is 24.3 Å². The Kier molecular flexibility index (Phi) is 3.35. The van der Waals surface area contributed by atoms with E-state index in [0.29, 0.717) is 11.8 Å². The number of carbonyl (C=O) groups is 1. The van der Waals surface area contributed by atoms with E-state index in [2.05, 4.69) is 29.6 Å². The van der Waals surface area contributed by atoms with E-state index in [4.69, 9.17) is 0 Å². The number of hydrogen-bond donors (Lipinski definition) is 1. The average molecular weight is 243 g/mol. The number of nitrogens with one attached hydrogen (secondary N) is 1. The van der Waals surface area contributed by atoms with Crippen molar-refractivity contribution in [2.45, 2.75) is 44.4 Å². The van der Waals surface area contributed by atoms with Gasteiger partial charge >= 0.3 is 0 Å². The van der Waals surface area contributed by atoms with Crippen LogP contribution in [0.4, 0.5) is 0 Å². The van der Waals surface area contributed by atoms with E-state index < -0.39 is 0 Å². The fourth-order valence-electron chi connectivity index (χ4n) is 3.11. The summed E-state index contributed by atoms with van der Waals surface area (Å²) in [7, 11) is 0. The van der Waals surface area contributed by atoms with E-state index in [1.54, 1.807) is 0 Å². The Morgan fingerprint density at radius 3 is 2.78 bits per heavy atom. The summed E-state index contributed by atoms with van der Waals surface area (Å²) in [6, 6.07) is 8.70. The summed E-state index contributed by atoms with van der Waals surface area (Å²) >= 11 is 0. The third-order valence-corrected chi connectivity index (χ3v) is 4.49. The molecule has 0 aliphatic heterocycles. The third-order valence-electron chi connectivity index (χ3n) is 4.49. The van der Waals surface area contributed by atoms with Crippen molar-refractivity contribution in [2.75, 3.05) is 6.54 Å². The lowest BCUT2D eigenvalue weighted by Gasteiger charge is -2.28. The monoisotopic (exact) mass is 243 g/mol. The van der Waals surface area contributed by atoms with E-state index in [9.17, 15) is 4.79 Å². The molecule has 2 nitrogen and oxygen atoms in total. The molecule has 0 heterocycles. The van der Waals surface area contributed by atoms with Crippen molar-refractivity contribution in [3.8, 4) is 0 Å². The Morgan fingerprint density at radius 2 is 2.00 bits per heavy atom. The van der Waals surface area contributed by atoms with Crippen LogP contribution in [-0.2, 0) is 11.2 Å². The molecule has 96 valence electrons. The number of carbonyl (C=O) groups excluding carboxylic acids is 1. The molecule has 1 atom stereocenters. The summed E-state index contributed by atoms with van der Waals surface area (Å²) < 4.78 is 0. The molecular formula is C16H21NO. The van der Waals surface area contributed by atoms with Crippen LogP contribution >= 0.6 is 0 Å². The summed E-state index contributed by atoms with van der Waals surface area (Å²) in [5, 5.41) is 3.16. The summed E-state index contributed by atoms with van der Waals surface area (Å²) in [5.41, 5.74) is 2.93. The van der Waals surface area contributed by atoms with Gasteiger partial charge in [0, 0.05) is 18.4 Å². The lowest BCUT2D eigenvalue weighted by Crippen LogP contribution is -2.37. The molecule has 0 bridgehead atoms. The number of fused-ring (bicyclic) bond motifs is 1. The molecule has 18 heavy (non-hydrogen) atoms. The fourth-order valence-corrected chi connectivity index (χ4v) is 3.11. The molecule has 3 rings (SSSR count). The second-order valence-corrected chi connectivity index (χ2v) is 5.66. The molecular weight excluding hydrogens is 222 g/mol. The van der Waals surface area contributed by atoms with E-state index >= 15 is 0 Å². The van der Waals surface area contributed by atoms with Gasteiger partial charge in [-0.1, -0.05) is 30.7 Å². The molecule has 2 aliphatic rings. The van der Waals surface area contributed by atoms with Crippen LogP contribution in [0.1, 0.15) is 49.1 Å². The Bertz CT molecular complexity index is 436. The first kappa shape index (κ1) is 11.8. The van der Waals surface area contributed by atoms with Crippen LogP contribution in [0.5, 0.6) is 0 Å². The van der Waals surface area contributed by atoms with Crippen molar-refractivity contribution in [1.82, 2.24) is 5.32 Å². The number of benzene rings is 1. The van der Waals surface area contributed by atoms with Crippen molar-refractivity contribution in [2.24, 2.45) is 5.92 Å². The van der Waals surface area contributed by atoms with E-state index in [1.807, 2.05) is 0 Å². The van der Waals surface area contributed by atoms with Gasteiger partial charge in [-0.3, -0.25) is 4.79 Å². The van der Waals surface area contributed by atoms with Crippen LogP contribution in [-0.4, -0.2) is 12.5 Å². The van der Waals surface area contributed by atoms with Crippen LogP contribution in [0.2, 0.25) is 0 Å². The Hall–Kier alpha value is -1.31. The van der Waals surface area contributed by atoms with Crippen molar-refractivity contribution in [3.63, 3.8) is 0 Å². The lowest BCUT2D eigenvalue weighted by molar-refractivity contribution is -0.127. The van der Waals surface area contributed by atoms with E-state index in [1.165, 1.54) is 36.8 Å². The molecule has 0 radical (unpaired) electrons. The van der Waals surface area contributed by atoms with Gasteiger partial charge in [-0.05, 0) is 43.2 Å². The lowest BCUT2D eigenvalue weighted by atomic mass is 9.82. The smallest absolute Gasteiger partial charge is 0.223 e. The average Bonchev–Trinajstić information content (AvgIpc) is 2.34. The van der Waals surface area contributed by atoms with Crippen molar-refractivity contribution in [1.29, 1.82) is 0 Å². The zero-order chi connectivity index (χ0) is 12.4. The largest absolute Gasteiger partial charge is 0.355 e. The third kappa shape index (κ3) is 2.29. The SMILES string of the molecule is O=C(NCC1CCCc2ccccc21)C1CCC1. The highest BCUT2D eigenvalue weighted by Crippen LogP contribution is 2.31. The molecule has 0 aromatic heterocycles. The molecule has 1 N–H and O–H groups in total. The Labute approximate surface area is 109 Å². The van der Waals surface area contributed by atoms with Gasteiger partial charge in [-0.15, -0.1) is 0 Å². The molecule has 0 saturated heterocycles. The molecule has 0 spiro atoms. The van der Waals surface area contributed by atoms with Gasteiger partial charge in [0.15, 0.2) is 0 Å². The Morgan fingerprint density at radius 1 is 1.17 bits per heavy atom. The maximum Gasteiger partial charge on any atom is 0.223 e. The standard InChI is InChI=1S/C16H21NO/c18-16(13-7-4-8-13)17-11-14-9-3-6-12-5-1-2-10-15(12)14/h1-2,5,10,13-14H,3-4,6-9,11H2,(H,17,18). The van der Waals surface area contributed by atoms with Gasteiger partial charge in [0.2, 0.25) is 5.91 Å². The molecule has 2 aliphatic carbocycles. The highest BCUT2D eigenvalue weighted by Gasteiger charge is 2.26. The minimum Gasteiger partial charge on any atom is -0.355 e. The quantitative estimate of drug-likeness (QED) is 0.868. The van der Waals surface area contributed by atoms with Gasteiger partial charge in [-0.25, -0.2) is 0 Å². The molecule has 1 aromatic carbocycles. The zero-order valence-electron chi connectivity index (χ0n) is 10.8. The first-order valence-electron chi connectivity index (χ1n) is 7.20. The highest BCUT2D eigenvalue weighted by molar-refractivity contribution is 5.79. The molecule has 2 heteroatoms. The number of amides is 1. The van der Waals surface area contributed by atoms with Crippen LogP contribution in [0, 0.1) is 5.92 Å². The van der Waals surface area contributed by atoms with Gasteiger partial charge in [0.1, 0.15) is 0 Å². The summed E-state index contributed by atoms with van der Waals surface area (Å²) in [6.45, 7) is 0.826. The van der Waals surface area contributed by atoms with Crippen molar-refractivity contribution >= 4 is 5.91 Å². The molecule has 1 unspecified atom stereocenters. The molecule has 1 fully saturated rings. The summed E-state index contributed by atoms with van der Waals surface area (Å²) in [6.07, 6.45) is 7.07.